The Morgan fingerprint density at radius 3 is 2.33 bits per heavy atom. The molecular weight excluding hydrogens is 276 g/mol. The molecule has 0 bridgehead atoms. The molecule has 0 heterocycles. The van der Waals surface area contributed by atoms with Crippen LogP contribution in [0.2, 0.25) is 5.02 Å². The third-order valence-corrected chi connectivity index (χ3v) is 5.54. The molecule has 2 rings (SSSR count). The summed E-state index contributed by atoms with van der Waals surface area (Å²) >= 11 is 5.88. The van der Waals surface area contributed by atoms with E-state index < -0.39 is 26.4 Å². The molecule has 1 aliphatic carbocycles. The molecule has 100 valence electrons. The van der Waals surface area contributed by atoms with Gasteiger partial charge in [0.25, 0.3) is 0 Å². The van der Waals surface area contributed by atoms with Gasteiger partial charge in [-0.3, -0.25) is 0 Å². The topological polar surface area (TPSA) is 74.6 Å². The van der Waals surface area contributed by atoms with Gasteiger partial charge in [-0.1, -0.05) is 23.7 Å². The van der Waals surface area contributed by atoms with Crippen LogP contribution < -0.4 is 0 Å². The molecule has 1 aliphatic rings. The summed E-state index contributed by atoms with van der Waals surface area (Å²) in [5.74, 6) is -0.402. The predicted molar refractivity (Wildman–Crippen MR) is 69.4 cm³/mol. The minimum absolute atomic E-state index is 0.363. The smallest absolute Gasteiger partial charge is 0.151 e. The summed E-state index contributed by atoms with van der Waals surface area (Å²) in [5.41, 5.74) is -0.251. The maximum absolute atomic E-state index is 11.7. The van der Waals surface area contributed by atoms with E-state index in [2.05, 4.69) is 0 Å². The maximum Gasteiger partial charge on any atom is 0.151 e. The first kappa shape index (κ1) is 13.8. The monoisotopic (exact) mass is 290 g/mol. The Morgan fingerprint density at radius 2 is 1.94 bits per heavy atom. The van der Waals surface area contributed by atoms with Gasteiger partial charge >= 0.3 is 0 Å². The Bertz CT molecular complexity index is 551. The van der Waals surface area contributed by atoms with Gasteiger partial charge in [0.2, 0.25) is 0 Å². The first-order valence-electron chi connectivity index (χ1n) is 5.53. The fraction of sp³-hybridized carbons (Fsp3) is 0.500. The van der Waals surface area contributed by atoms with Gasteiger partial charge < -0.3 is 10.2 Å². The van der Waals surface area contributed by atoms with E-state index in [1.807, 2.05) is 0 Å². The van der Waals surface area contributed by atoms with Crippen molar-refractivity contribution < 1.29 is 18.6 Å². The third-order valence-electron chi connectivity index (χ3n) is 3.64. The van der Waals surface area contributed by atoms with Gasteiger partial charge in [0, 0.05) is 22.6 Å². The Balaban J connectivity index is 2.45. The summed E-state index contributed by atoms with van der Waals surface area (Å²) in [6, 6.07) is 6.87. The van der Waals surface area contributed by atoms with Crippen molar-refractivity contribution in [3.8, 4) is 0 Å². The van der Waals surface area contributed by atoms with E-state index in [0.29, 0.717) is 5.02 Å². The molecule has 2 atom stereocenters. The van der Waals surface area contributed by atoms with Gasteiger partial charge in [-0.25, -0.2) is 8.42 Å². The number of sulfone groups is 1. The highest BCUT2D eigenvalue weighted by Crippen LogP contribution is 2.62. The highest BCUT2D eigenvalue weighted by atomic mass is 35.5. The Hall–Kier alpha value is -0.620. The molecule has 1 fully saturated rings. The van der Waals surface area contributed by atoms with Crippen LogP contribution in [0.15, 0.2) is 24.3 Å². The van der Waals surface area contributed by atoms with Crippen LogP contribution in [-0.2, 0) is 9.84 Å². The highest BCUT2D eigenvalue weighted by molar-refractivity contribution is 7.91. The van der Waals surface area contributed by atoms with Crippen LogP contribution in [0.5, 0.6) is 0 Å². The summed E-state index contributed by atoms with van der Waals surface area (Å²) < 4.78 is 23.5. The fourth-order valence-corrected chi connectivity index (χ4v) is 4.95. The van der Waals surface area contributed by atoms with Crippen LogP contribution in [0.3, 0.4) is 0 Å². The summed E-state index contributed by atoms with van der Waals surface area (Å²) in [6.07, 6.45) is 1.13. The molecule has 18 heavy (non-hydrogen) atoms. The van der Waals surface area contributed by atoms with Crippen molar-refractivity contribution in [1.29, 1.82) is 0 Å². The molecule has 4 nitrogen and oxygen atoms in total. The normalized spacial score (nSPS) is 26.0. The lowest BCUT2D eigenvalue weighted by atomic mass is 10.0. The molecule has 0 aromatic heterocycles. The summed E-state index contributed by atoms with van der Waals surface area (Å²) in [5, 5.41) is 18.6. The van der Waals surface area contributed by atoms with Crippen LogP contribution >= 0.6 is 11.6 Å². The molecule has 6 heteroatoms. The van der Waals surface area contributed by atoms with Crippen LogP contribution in [0, 0.1) is 5.41 Å². The highest BCUT2D eigenvalue weighted by Gasteiger charge is 2.69. The number of aliphatic hydroxyl groups is 2. The zero-order valence-electron chi connectivity index (χ0n) is 9.88. The lowest BCUT2D eigenvalue weighted by molar-refractivity contribution is 0.130. The molecule has 2 N–H and O–H groups in total. The van der Waals surface area contributed by atoms with Crippen molar-refractivity contribution in [3.63, 3.8) is 0 Å². The number of halogens is 1. The Morgan fingerprint density at radius 1 is 1.33 bits per heavy atom. The van der Waals surface area contributed by atoms with Crippen molar-refractivity contribution in [3.05, 3.63) is 34.9 Å². The zero-order valence-corrected chi connectivity index (χ0v) is 11.4. The summed E-state index contributed by atoms with van der Waals surface area (Å²) in [4.78, 5) is 0. The van der Waals surface area contributed by atoms with E-state index in [1.165, 1.54) is 0 Å². The average molecular weight is 291 g/mol. The maximum atomic E-state index is 11.7. The number of hydrogen-bond acceptors (Lipinski definition) is 4. The minimum atomic E-state index is -3.33. The Labute approximate surface area is 111 Å². The molecular formula is C12H15ClO4S. The molecule has 1 aromatic rings. The first-order chi connectivity index (χ1) is 8.36. The van der Waals surface area contributed by atoms with Crippen molar-refractivity contribution in [1.82, 2.24) is 0 Å². The van der Waals surface area contributed by atoms with E-state index in [1.54, 1.807) is 24.3 Å². The van der Waals surface area contributed by atoms with Crippen molar-refractivity contribution in [2.24, 2.45) is 5.41 Å². The predicted octanol–water partition coefficient (Wildman–Crippen LogP) is 0.821. The van der Waals surface area contributed by atoms with Gasteiger partial charge in [0.15, 0.2) is 9.84 Å². The quantitative estimate of drug-likeness (QED) is 0.861. The third kappa shape index (κ3) is 2.05. The molecule has 0 saturated heterocycles. The van der Waals surface area contributed by atoms with E-state index in [-0.39, 0.29) is 13.2 Å². The van der Waals surface area contributed by atoms with E-state index in [4.69, 9.17) is 11.6 Å². The molecule has 0 aliphatic heterocycles. The van der Waals surface area contributed by atoms with Crippen LogP contribution in [0.4, 0.5) is 0 Å². The SMILES string of the molecule is CS(=O)(=O)C1C(c2cccc(Cl)c2)C1(CO)CO. The summed E-state index contributed by atoms with van der Waals surface area (Å²) in [7, 11) is -3.33. The van der Waals surface area contributed by atoms with E-state index >= 15 is 0 Å². The average Bonchev–Trinajstić information content (AvgIpc) is 2.98. The zero-order chi connectivity index (χ0) is 13.6. The second-order valence-corrected chi connectivity index (χ2v) is 7.44. The van der Waals surface area contributed by atoms with E-state index in [0.717, 1.165) is 11.8 Å². The molecule has 1 aromatic carbocycles. The largest absolute Gasteiger partial charge is 0.396 e. The van der Waals surface area contributed by atoms with Crippen molar-refractivity contribution in [2.75, 3.05) is 19.5 Å². The lowest BCUT2D eigenvalue weighted by Crippen LogP contribution is -2.22. The van der Waals surface area contributed by atoms with Crippen molar-refractivity contribution >= 4 is 21.4 Å². The van der Waals surface area contributed by atoms with Gasteiger partial charge in [-0.2, -0.15) is 0 Å². The van der Waals surface area contributed by atoms with Crippen LogP contribution in [0.1, 0.15) is 11.5 Å². The molecule has 2 unspecified atom stereocenters. The summed E-state index contributed by atoms with van der Waals surface area (Å²) in [6.45, 7) is -0.725. The van der Waals surface area contributed by atoms with Gasteiger partial charge in [-0.15, -0.1) is 0 Å². The van der Waals surface area contributed by atoms with Crippen molar-refractivity contribution in [2.45, 2.75) is 11.2 Å². The molecule has 0 spiro atoms. The number of benzene rings is 1. The number of aliphatic hydroxyl groups excluding tert-OH is 2. The molecule has 1 saturated carbocycles. The number of hydrogen-bond donors (Lipinski definition) is 2. The minimum Gasteiger partial charge on any atom is -0.396 e. The molecule has 0 radical (unpaired) electrons. The number of rotatable bonds is 4. The van der Waals surface area contributed by atoms with Gasteiger partial charge in [0.1, 0.15) is 0 Å². The van der Waals surface area contributed by atoms with E-state index in [9.17, 15) is 18.6 Å². The fourth-order valence-electron chi connectivity index (χ4n) is 2.76. The second-order valence-electron chi connectivity index (χ2n) is 4.83. The van der Waals surface area contributed by atoms with Gasteiger partial charge in [-0.05, 0) is 17.7 Å². The second kappa shape index (κ2) is 4.49. The lowest BCUT2D eigenvalue weighted by Gasteiger charge is -2.10. The first-order valence-corrected chi connectivity index (χ1v) is 7.86. The van der Waals surface area contributed by atoms with Crippen LogP contribution in [0.25, 0.3) is 0 Å². The Kier molecular flexibility index (Phi) is 3.44. The standard InChI is InChI=1S/C12H15ClO4S/c1-18(16,17)11-10(12(11,6-14)7-15)8-3-2-4-9(13)5-8/h2-5,10-11,14-15H,6-7H2,1H3. The molecule has 0 amide bonds. The van der Waals surface area contributed by atoms with Crippen LogP contribution in [-0.4, -0.2) is 43.4 Å². The van der Waals surface area contributed by atoms with Gasteiger partial charge in [0.05, 0.1) is 18.5 Å².